The zero-order chi connectivity index (χ0) is 15.7. The number of carbonyl (C=O) groups is 2. The number of carbonyl (C=O) groups excluding carboxylic acids is 2. The Hall–Kier alpha value is -1.97. The fraction of sp³-hybridized carbons (Fsp3) is 0.500. The van der Waals surface area contributed by atoms with Crippen LogP contribution in [0.3, 0.4) is 0 Å². The molecular formula is C18H22N2O2. The SMILES string of the molecule is CC1(C)CC(=O)CC(=NNC(=O)[C@@H]2C[C@H]2c2ccccc2)C1. The molecule has 0 aromatic heterocycles. The smallest absolute Gasteiger partial charge is 0.243 e. The van der Waals surface area contributed by atoms with E-state index in [0.717, 1.165) is 18.6 Å². The highest BCUT2D eigenvalue weighted by atomic mass is 16.2. The standard InChI is InChI=1S/C18H22N2O2/c1-18(2)10-13(8-14(21)11-18)19-20-17(22)16-9-15(16)12-6-4-3-5-7-12/h3-7,15-16H,8-11H2,1-2H3,(H,20,22)/t15-,16+/m0/s1. The highest BCUT2D eigenvalue weighted by molar-refractivity contribution is 6.05. The lowest BCUT2D eigenvalue weighted by atomic mass is 9.76. The van der Waals surface area contributed by atoms with Crippen LogP contribution in [-0.2, 0) is 9.59 Å². The van der Waals surface area contributed by atoms with Gasteiger partial charge in [0, 0.05) is 24.5 Å². The Morgan fingerprint density at radius 3 is 2.64 bits per heavy atom. The van der Waals surface area contributed by atoms with Crippen molar-refractivity contribution in [2.24, 2.45) is 16.4 Å². The van der Waals surface area contributed by atoms with E-state index < -0.39 is 0 Å². The monoisotopic (exact) mass is 298 g/mol. The topological polar surface area (TPSA) is 58.5 Å². The Morgan fingerprint density at radius 2 is 1.95 bits per heavy atom. The first-order valence-corrected chi connectivity index (χ1v) is 7.86. The molecule has 116 valence electrons. The van der Waals surface area contributed by atoms with Gasteiger partial charge in [-0.3, -0.25) is 9.59 Å². The fourth-order valence-electron chi connectivity index (χ4n) is 3.35. The second-order valence-electron chi connectivity index (χ2n) is 7.25. The van der Waals surface area contributed by atoms with Crippen LogP contribution in [0.1, 0.15) is 51.0 Å². The van der Waals surface area contributed by atoms with Gasteiger partial charge in [0.25, 0.3) is 0 Å². The summed E-state index contributed by atoms with van der Waals surface area (Å²) in [5.41, 5.74) is 4.63. The normalized spacial score (nSPS) is 28.5. The van der Waals surface area contributed by atoms with Crippen LogP contribution in [0.2, 0.25) is 0 Å². The molecule has 1 aromatic carbocycles. The Bertz CT molecular complexity index is 619. The van der Waals surface area contributed by atoms with E-state index >= 15 is 0 Å². The van der Waals surface area contributed by atoms with Crippen molar-refractivity contribution in [1.29, 1.82) is 0 Å². The summed E-state index contributed by atoms with van der Waals surface area (Å²) in [5.74, 6) is 0.500. The molecule has 2 aliphatic carbocycles. The fourth-order valence-corrected chi connectivity index (χ4v) is 3.35. The molecule has 2 saturated carbocycles. The average Bonchev–Trinajstić information content (AvgIpc) is 3.24. The van der Waals surface area contributed by atoms with Gasteiger partial charge in [0.2, 0.25) is 5.91 Å². The van der Waals surface area contributed by atoms with Gasteiger partial charge in [-0.2, -0.15) is 5.10 Å². The van der Waals surface area contributed by atoms with Crippen molar-refractivity contribution < 1.29 is 9.59 Å². The number of hydrogen-bond donors (Lipinski definition) is 1. The summed E-state index contributed by atoms with van der Waals surface area (Å²) < 4.78 is 0. The number of rotatable bonds is 3. The molecule has 0 saturated heterocycles. The van der Waals surface area contributed by atoms with Crippen molar-refractivity contribution in [1.82, 2.24) is 5.43 Å². The Balaban J connectivity index is 1.57. The van der Waals surface area contributed by atoms with Crippen molar-refractivity contribution in [3.63, 3.8) is 0 Å². The van der Waals surface area contributed by atoms with Crippen LogP contribution in [0.15, 0.2) is 35.4 Å². The van der Waals surface area contributed by atoms with Crippen LogP contribution < -0.4 is 5.43 Å². The predicted octanol–water partition coefficient (Wildman–Crippen LogP) is 3.04. The van der Waals surface area contributed by atoms with Crippen molar-refractivity contribution in [2.75, 3.05) is 0 Å². The van der Waals surface area contributed by atoms with Gasteiger partial charge in [0.05, 0.1) is 0 Å². The van der Waals surface area contributed by atoms with E-state index in [1.54, 1.807) is 0 Å². The Kier molecular flexibility index (Phi) is 3.85. The number of ketones is 1. The highest BCUT2D eigenvalue weighted by Crippen LogP contribution is 2.47. The highest BCUT2D eigenvalue weighted by Gasteiger charge is 2.44. The first kappa shape index (κ1) is 14.9. The minimum absolute atomic E-state index is 0.0130. The molecule has 4 heteroatoms. The number of Topliss-reactive ketones (excluding diaryl/α,β-unsaturated/α-hetero) is 1. The van der Waals surface area contributed by atoms with E-state index in [1.165, 1.54) is 5.56 Å². The molecule has 1 amide bonds. The molecule has 22 heavy (non-hydrogen) atoms. The molecule has 4 nitrogen and oxygen atoms in total. The zero-order valence-corrected chi connectivity index (χ0v) is 13.1. The predicted molar refractivity (Wildman–Crippen MR) is 85.5 cm³/mol. The minimum Gasteiger partial charge on any atom is -0.299 e. The van der Waals surface area contributed by atoms with Gasteiger partial charge in [-0.15, -0.1) is 0 Å². The summed E-state index contributed by atoms with van der Waals surface area (Å²) in [6, 6.07) is 10.1. The Labute approximate surface area is 131 Å². The quantitative estimate of drug-likeness (QED) is 0.872. The van der Waals surface area contributed by atoms with Gasteiger partial charge in [0.15, 0.2) is 0 Å². The van der Waals surface area contributed by atoms with E-state index in [4.69, 9.17) is 0 Å². The minimum atomic E-state index is -0.0505. The van der Waals surface area contributed by atoms with Gasteiger partial charge in [-0.1, -0.05) is 44.2 Å². The van der Waals surface area contributed by atoms with E-state index in [9.17, 15) is 9.59 Å². The van der Waals surface area contributed by atoms with Crippen LogP contribution in [0.4, 0.5) is 0 Å². The van der Waals surface area contributed by atoms with Gasteiger partial charge in [-0.25, -0.2) is 5.43 Å². The van der Waals surface area contributed by atoms with Gasteiger partial charge >= 0.3 is 0 Å². The zero-order valence-electron chi connectivity index (χ0n) is 13.1. The maximum absolute atomic E-state index is 12.2. The average molecular weight is 298 g/mol. The second kappa shape index (κ2) is 5.67. The van der Waals surface area contributed by atoms with Gasteiger partial charge < -0.3 is 0 Å². The molecule has 0 radical (unpaired) electrons. The van der Waals surface area contributed by atoms with Crippen molar-refractivity contribution in [2.45, 2.75) is 45.4 Å². The lowest BCUT2D eigenvalue weighted by molar-refractivity contribution is -0.123. The number of benzene rings is 1. The molecule has 1 N–H and O–H groups in total. The number of nitrogens with zero attached hydrogens (tertiary/aromatic N) is 1. The summed E-state index contributed by atoms with van der Waals surface area (Å²) in [6.45, 7) is 4.13. The van der Waals surface area contributed by atoms with E-state index in [2.05, 4.69) is 36.5 Å². The number of amides is 1. The van der Waals surface area contributed by atoms with Crippen LogP contribution in [0.25, 0.3) is 0 Å². The maximum atomic E-state index is 12.2. The largest absolute Gasteiger partial charge is 0.299 e. The molecule has 1 aromatic rings. The lowest BCUT2D eigenvalue weighted by Crippen LogP contribution is -2.31. The third kappa shape index (κ3) is 3.43. The van der Waals surface area contributed by atoms with Gasteiger partial charge in [-0.05, 0) is 29.7 Å². The molecule has 0 aliphatic heterocycles. The third-order valence-electron chi connectivity index (χ3n) is 4.44. The molecule has 0 unspecified atom stereocenters. The maximum Gasteiger partial charge on any atom is 0.243 e. The lowest BCUT2D eigenvalue weighted by Gasteiger charge is -2.29. The van der Waals surface area contributed by atoms with Crippen LogP contribution >= 0.6 is 0 Å². The summed E-state index contributed by atoms with van der Waals surface area (Å²) in [6.07, 6.45) is 2.62. The van der Waals surface area contributed by atoms with Crippen LogP contribution in [0, 0.1) is 11.3 Å². The summed E-state index contributed by atoms with van der Waals surface area (Å²) in [7, 11) is 0. The molecule has 0 spiro atoms. The van der Waals surface area contributed by atoms with Crippen molar-refractivity contribution >= 4 is 17.4 Å². The first-order chi connectivity index (χ1) is 10.4. The molecule has 2 fully saturated rings. The molecular weight excluding hydrogens is 276 g/mol. The molecule has 3 rings (SSSR count). The number of nitrogens with one attached hydrogen (secondary N) is 1. The van der Waals surface area contributed by atoms with Crippen LogP contribution in [-0.4, -0.2) is 17.4 Å². The summed E-state index contributed by atoms with van der Waals surface area (Å²) in [5, 5.41) is 4.21. The van der Waals surface area contributed by atoms with Crippen molar-refractivity contribution in [3.8, 4) is 0 Å². The number of hydrogen-bond acceptors (Lipinski definition) is 3. The summed E-state index contributed by atoms with van der Waals surface area (Å²) in [4.78, 5) is 23.9. The summed E-state index contributed by atoms with van der Waals surface area (Å²) >= 11 is 0. The molecule has 0 bridgehead atoms. The van der Waals surface area contributed by atoms with E-state index in [-0.39, 0.29) is 23.0 Å². The molecule has 2 aliphatic rings. The van der Waals surface area contributed by atoms with Crippen LogP contribution in [0.5, 0.6) is 0 Å². The van der Waals surface area contributed by atoms with Gasteiger partial charge in [0.1, 0.15) is 5.78 Å². The second-order valence-corrected chi connectivity index (χ2v) is 7.25. The first-order valence-electron chi connectivity index (χ1n) is 7.86. The van der Waals surface area contributed by atoms with E-state index in [1.807, 2.05) is 18.2 Å². The number of hydrazone groups is 1. The molecule has 0 heterocycles. The van der Waals surface area contributed by atoms with E-state index in [0.29, 0.717) is 18.8 Å². The Morgan fingerprint density at radius 1 is 1.23 bits per heavy atom. The van der Waals surface area contributed by atoms with Crippen molar-refractivity contribution in [3.05, 3.63) is 35.9 Å². The third-order valence-corrected chi connectivity index (χ3v) is 4.44. The molecule has 2 atom stereocenters.